The molecular weight excluding hydrogens is 307 g/mol. The van der Waals surface area contributed by atoms with Gasteiger partial charge in [-0.1, -0.05) is 47.5 Å². The van der Waals surface area contributed by atoms with E-state index in [1.807, 2.05) is 12.2 Å². The lowest BCUT2D eigenvalue weighted by Crippen LogP contribution is -1.75. The number of benzene rings is 2. The summed E-state index contributed by atoms with van der Waals surface area (Å²) in [6, 6.07) is 9.77. The summed E-state index contributed by atoms with van der Waals surface area (Å²) in [5.41, 5.74) is 1.34. The smallest absolute Gasteiger partial charge is 0.122 e. The van der Waals surface area contributed by atoms with Gasteiger partial charge in [0.2, 0.25) is 0 Å². The van der Waals surface area contributed by atoms with Crippen molar-refractivity contribution in [2.45, 2.75) is 6.42 Å². The van der Waals surface area contributed by atoms with Crippen molar-refractivity contribution in [2.24, 2.45) is 0 Å². The van der Waals surface area contributed by atoms with E-state index in [4.69, 9.17) is 23.2 Å². The predicted octanol–water partition coefficient (Wildman–Crippen LogP) is 5.52. The lowest BCUT2D eigenvalue weighted by atomic mass is 10.1. The maximum absolute atomic E-state index is 9.66. The average Bonchev–Trinajstić information content (AvgIpc) is 2.45. The van der Waals surface area contributed by atoms with Gasteiger partial charge in [-0.25, -0.2) is 0 Å². The van der Waals surface area contributed by atoms with E-state index < -0.39 is 0 Å². The molecule has 2 nitrogen and oxygen atoms in total. The van der Waals surface area contributed by atoms with Gasteiger partial charge in [0.25, 0.3) is 0 Å². The fourth-order valence-electron chi connectivity index (χ4n) is 1.79. The average molecular weight is 321 g/mol. The Morgan fingerprint density at radius 3 is 1.62 bits per heavy atom. The van der Waals surface area contributed by atoms with E-state index >= 15 is 0 Å². The van der Waals surface area contributed by atoms with Crippen LogP contribution in [0.3, 0.4) is 0 Å². The molecule has 4 heteroatoms. The van der Waals surface area contributed by atoms with Crippen LogP contribution in [0.15, 0.2) is 48.6 Å². The van der Waals surface area contributed by atoms with Crippen molar-refractivity contribution in [3.05, 3.63) is 69.7 Å². The van der Waals surface area contributed by atoms with Crippen molar-refractivity contribution >= 4 is 35.4 Å². The van der Waals surface area contributed by atoms with Crippen LogP contribution in [-0.2, 0) is 0 Å². The minimum absolute atomic E-state index is 0.187. The third-order valence-electron chi connectivity index (χ3n) is 2.85. The molecule has 0 saturated carbocycles. The second kappa shape index (κ2) is 7.21. The number of rotatable bonds is 4. The summed E-state index contributed by atoms with van der Waals surface area (Å²) in [7, 11) is 0. The van der Waals surface area contributed by atoms with Crippen LogP contribution < -0.4 is 0 Å². The van der Waals surface area contributed by atoms with Gasteiger partial charge in [0, 0.05) is 21.2 Å². The minimum atomic E-state index is 0.187. The summed E-state index contributed by atoms with van der Waals surface area (Å²) >= 11 is 11.7. The summed E-state index contributed by atoms with van der Waals surface area (Å²) in [6.07, 6.45) is 8.03. The molecule has 0 saturated heterocycles. The second-order valence-corrected chi connectivity index (χ2v) is 5.32. The summed E-state index contributed by atoms with van der Waals surface area (Å²) in [4.78, 5) is 0. The molecule has 108 valence electrons. The van der Waals surface area contributed by atoms with Crippen LogP contribution in [0.4, 0.5) is 0 Å². The van der Waals surface area contributed by atoms with Gasteiger partial charge in [0.1, 0.15) is 11.5 Å². The number of phenolic OH excluding ortho intramolecular Hbond substituents is 2. The number of allylic oxidation sites excluding steroid dienone is 2. The van der Waals surface area contributed by atoms with Gasteiger partial charge in [-0.05, 0) is 42.8 Å². The zero-order valence-corrected chi connectivity index (χ0v) is 12.6. The van der Waals surface area contributed by atoms with E-state index in [0.29, 0.717) is 27.6 Å². The molecule has 0 heterocycles. The van der Waals surface area contributed by atoms with E-state index in [2.05, 4.69) is 0 Å². The number of hydrogen-bond donors (Lipinski definition) is 2. The maximum Gasteiger partial charge on any atom is 0.122 e. The van der Waals surface area contributed by atoms with Crippen LogP contribution in [0, 0.1) is 0 Å². The molecule has 0 atom stereocenters. The third kappa shape index (κ3) is 4.55. The third-order valence-corrected chi connectivity index (χ3v) is 3.32. The van der Waals surface area contributed by atoms with Crippen molar-refractivity contribution in [2.75, 3.05) is 0 Å². The molecule has 0 spiro atoms. The first kappa shape index (κ1) is 15.5. The first-order valence-corrected chi connectivity index (χ1v) is 7.12. The van der Waals surface area contributed by atoms with Crippen molar-refractivity contribution in [1.29, 1.82) is 0 Å². The molecule has 0 aliphatic heterocycles. The van der Waals surface area contributed by atoms with Crippen molar-refractivity contribution in [3.8, 4) is 11.5 Å². The van der Waals surface area contributed by atoms with Gasteiger partial charge >= 0.3 is 0 Å². The molecule has 2 N–H and O–H groups in total. The van der Waals surface area contributed by atoms with Gasteiger partial charge in [-0.15, -0.1) is 0 Å². The van der Waals surface area contributed by atoms with Crippen molar-refractivity contribution in [1.82, 2.24) is 0 Å². The van der Waals surface area contributed by atoms with Crippen LogP contribution in [-0.4, -0.2) is 10.2 Å². The van der Waals surface area contributed by atoms with E-state index in [1.54, 1.807) is 48.6 Å². The molecular formula is C17H14Cl2O2. The quantitative estimate of drug-likeness (QED) is 0.778. The number of aromatic hydroxyl groups is 2. The molecule has 0 unspecified atom stereocenters. The summed E-state index contributed by atoms with van der Waals surface area (Å²) in [5.74, 6) is 0.374. The van der Waals surface area contributed by atoms with Crippen LogP contribution in [0.2, 0.25) is 10.0 Å². The molecule has 0 amide bonds. The second-order valence-electron chi connectivity index (χ2n) is 4.45. The molecule has 0 aliphatic carbocycles. The van der Waals surface area contributed by atoms with E-state index in [0.717, 1.165) is 0 Å². The van der Waals surface area contributed by atoms with E-state index in [-0.39, 0.29) is 11.5 Å². The highest BCUT2D eigenvalue weighted by Gasteiger charge is 1.98. The topological polar surface area (TPSA) is 40.5 Å². The van der Waals surface area contributed by atoms with Gasteiger partial charge < -0.3 is 10.2 Å². The van der Waals surface area contributed by atoms with Crippen LogP contribution >= 0.6 is 23.2 Å². The minimum Gasteiger partial charge on any atom is -0.507 e. The van der Waals surface area contributed by atoms with Crippen LogP contribution in [0.5, 0.6) is 11.5 Å². The molecule has 0 radical (unpaired) electrons. The number of halogens is 2. The molecule has 21 heavy (non-hydrogen) atoms. The zero-order valence-electron chi connectivity index (χ0n) is 11.1. The fraction of sp³-hybridized carbons (Fsp3) is 0.0588. The molecule has 0 aromatic heterocycles. The van der Waals surface area contributed by atoms with Gasteiger partial charge in [0.05, 0.1) is 0 Å². The summed E-state index contributed by atoms with van der Waals surface area (Å²) < 4.78 is 0. The van der Waals surface area contributed by atoms with Crippen LogP contribution in [0.1, 0.15) is 17.5 Å². The van der Waals surface area contributed by atoms with Gasteiger partial charge in [-0.3, -0.25) is 0 Å². The fourth-order valence-corrected chi connectivity index (χ4v) is 2.15. The van der Waals surface area contributed by atoms with E-state index in [9.17, 15) is 10.2 Å². The Kier molecular flexibility index (Phi) is 5.32. The maximum atomic E-state index is 9.66. The highest BCUT2D eigenvalue weighted by Crippen LogP contribution is 2.24. The highest BCUT2D eigenvalue weighted by atomic mass is 35.5. The Bertz CT molecular complexity index is 632. The highest BCUT2D eigenvalue weighted by molar-refractivity contribution is 6.31. The predicted molar refractivity (Wildman–Crippen MR) is 88.9 cm³/mol. The first-order chi connectivity index (χ1) is 10.1. The molecule has 2 aromatic rings. The number of phenols is 2. The molecule has 2 rings (SSSR count). The SMILES string of the molecule is Oc1ccc(Cl)cc1C=CCC=Cc1cc(Cl)ccc1O. The first-order valence-electron chi connectivity index (χ1n) is 6.36. The van der Waals surface area contributed by atoms with Crippen molar-refractivity contribution < 1.29 is 10.2 Å². The summed E-state index contributed by atoms with van der Waals surface area (Å²) in [5, 5.41) is 20.5. The Balaban J connectivity index is 2.00. The molecule has 0 bridgehead atoms. The lowest BCUT2D eigenvalue weighted by molar-refractivity contribution is 0.473. The zero-order chi connectivity index (χ0) is 15.2. The van der Waals surface area contributed by atoms with E-state index in [1.165, 1.54) is 0 Å². The molecule has 0 fully saturated rings. The largest absolute Gasteiger partial charge is 0.507 e. The van der Waals surface area contributed by atoms with Gasteiger partial charge in [0.15, 0.2) is 0 Å². The molecule has 2 aromatic carbocycles. The summed E-state index contributed by atoms with van der Waals surface area (Å²) in [6.45, 7) is 0. The van der Waals surface area contributed by atoms with Crippen LogP contribution in [0.25, 0.3) is 12.2 Å². The standard InChI is InChI=1S/C17H14Cl2O2/c18-14-6-8-16(20)12(10-14)4-2-1-3-5-13-11-15(19)7-9-17(13)21/h2-11,20-21H,1H2. The normalized spacial score (nSPS) is 11.5. The monoisotopic (exact) mass is 320 g/mol. The van der Waals surface area contributed by atoms with Crippen molar-refractivity contribution in [3.63, 3.8) is 0 Å². The Morgan fingerprint density at radius 2 is 1.19 bits per heavy atom. The van der Waals surface area contributed by atoms with Gasteiger partial charge in [-0.2, -0.15) is 0 Å². The number of hydrogen-bond acceptors (Lipinski definition) is 2. The lowest BCUT2D eigenvalue weighted by Gasteiger charge is -1.99. The Labute approximate surface area is 133 Å². The molecule has 0 aliphatic rings. The Hall–Kier alpha value is -1.90. The Morgan fingerprint density at radius 1 is 0.762 bits per heavy atom.